The molecular weight excluding hydrogens is 214 g/mol. The number of carboxylic acid groups (broad SMARTS) is 2. The lowest BCUT2D eigenvalue weighted by Crippen LogP contribution is -2.31. The van der Waals surface area contributed by atoms with Crippen LogP contribution in [0, 0.1) is 0 Å². The zero-order valence-electron chi connectivity index (χ0n) is 8.63. The highest BCUT2D eigenvalue weighted by Crippen LogP contribution is 2.05. The Morgan fingerprint density at radius 3 is 2.56 bits per heavy atom. The number of hydrogen-bond donors (Lipinski definition) is 2. The minimum Gasteiger partial charge on any atom is -0.481 e. The van der Waals surface area contributed by atoms with Gasteiger partial charge in [-0.2, -0.15) is 0 Å². The fourth-order valence-electron chi connectivity index (χ4n) is 1.28. The SMILES string of the molecule is O=C(O)CCN(CC(=O)O)Cc1ccco1. The third kappa shape index (κ3) is 4.61. The molecule has 0 aliphatic rings. The van der Waals surface area contributed by atoms with Gasteiger partial charge in [0.25, 0.3) is 0 Å². The van der Waals surface area contributed by atoms with Gasteiger partial charge in [-0.25, -0.2) is 0 Å². The molecule has 0 atom stereocenters. The van der Waals surface area contributed by atoms with Crippen LogP contribution in [0.1, 0.15) is 12.2 Å². The average molecular weight is 227 g/mol. The van der Waals surface area contributed by atoms with Crippen molar-refractivity contribution in [3.05, 3.63) is 24.2 Å². The van der Waals surface area contributed by atoms with Crippen LogP contribution in [0.5, 0.6) is 0 Å². The molecule has 1 aromatic rings. The van der Waals surface area contributed by atoms with E-state index < -0.39 is 11.9 Å². The summed E-state index contributed by atoms with van der Waals surface area (Å²) in [5.41, 5.74) is 0. The Kier molecular flexibility index (Phi) is 4.53. The maximum absolute atomic E-state index is 10.6. The van der Waals surface area contributed by atoms with Crippen molar-refractivity contribution >= 4 is 11.9 Å². The van der Waals surface area contributed by atoms with Gasteiger partial charge < -0.3 is 14.6 Å². The summed E-state index contributed by atoms with van der Waals surface area (Å²) in [5, 5.41) is 17.2. The molecule has 0 saturated carbocycles. The second-order valence-corrected chi connectivity index (χ2v) is 3.33. The van der Waals surface area contributed by atoms with E-state index in [9.17, 15) is 9.59 Å². The zero-order chi connectivity index (χ0) is 12.0. The van der Waals surface area contributed by atoms with Crippen LogP contribution in [0.2, 0.25) is 0 Å². The quantitative estimate of drug-likeness (QED) is 0.710. The van der Waals surface area contributed by atoms with E-state index in [1.54, 1.807) is 12.1 Å². The molecule has 0 amide bonds. The predicted octanol–water partition coefficient (Wildman–Crippen LogP) is 0.641. The van der Waals surface area contributed by atoms with Crippen molar-refractivity contribution in [2.75, 3.05) is 13.1 Å². The molecular formula is C10H13NO5. The summed E-state index contributed by atoms with van der Waals surface area (Å²) < 4.78 is 5.07. The Bertz CT molecular complexity index is 346. The standard InChI is InChI=1S/C10H13NO5/c12-9(13)3-4-11(7-10(14)15)6-8-2-1-5-16-8/h1-2,5H,3-4,6-7H2,(H,12,13)(H,14,15). The van der Waals surface area contributed by atoms with Crippen LogP contribution < -0.4 is 0 Å². The number of rotatable bonds is 7. The first kappa shape index (κ1) is 12.3. The lowest BCUT2D eigenvalue weighted by Gasteiger charge is -2.17. The molecule has 0 aromatic carbocycles. The van der Waals surface area contributed by atoms with E-state index in [-0.39, 0.29) is 19.5 Å². The fourth-order valence-corrected chi connectivity index (χ4v) is 1.28. The van der Waals surface area contributed by atoms with Crippen molar-refractivity contribution in [1.29, 1.82) is 0 Å². The molecule has 0 bridgehead atoms. The highest BCUT2D eigenvalue weighted by molar-refractivity contribution is 5.69. The van der Waals surface area contributed by atoms with Crippen molar-refractivity contribution in [3.8, 4) is 0 Å². The summed E-state index contributed by atoms with van der Waals surface area (Å²) in [6.45, 7) is 0.281. The topological polar surface area (TPSA) is 91.0 Å². The summed E-state index contributed by atoms with van der Waals surface area (Å²) in [5.74, 6) is -1.32. The Balaban J connectivity index is 2.49. The molecule has 1 aromatic heterocycles. The van der Waals surface area contributed by atoms with E-state index in [4.69, 9.17) is 14.6 Å². The molecule has 1 heterocycles. The number of furan rings is 1. The van der Waals surface area contributed by atoms with E-state index in [1.165, 1.54) is 11.2 Å². The second kappa shape index (κ2) is 5.92. The van der Waals surface area contributed by atoms with Gasteiger partial charge in [-0.3, -0.25) is 14.5 Å². The van der Waals surface area contributed by atoms with Crippen molar-refractivity contribution < 1.29 is 24.2 Å². The molecule has 6 heteroatoms. The lowest BCUT2D eigenvalue weighted by molar-refractivity contribution is -0.141. The molecule has 0 saturated heterocycles. The lowest BCUT2D eigenvalue weighted by atomic mass is 10.3. The number of nitrogens with zero attached hydrogens (tertiary/aromatic N) is 1. The van der Waals surface area contributed by atoms with Crippen LogP contribution in [0.4, 0.5) is 0 Å². The monoisotopic (exact) mass is 227 g/mol. The van der Waals surface area contributed by atoms with Gasteiger partial charge in [-0.15, -0.1) is 0 Å². The van der Waals surface area contributed by atoms with Gasteiger partial charge in [0, 0.05) is 6.54 Å². The first-order valence-corrected chi connectivity index (χ1v) is 4.76. The van der Waals surface area contributed by atoms with Crippen molar-refractivity contribution in [2.24, 2.45) is 0 Å². The van der Waals surface area contributed by atoms with E-state index in [0.717, 1.165) is 0 Å². The summed E-state index contributed by atoms with van der Waals surface area (Å²) >= 11 is 0. The maximum Gasteiger partial charge on any atom is 0.317 e. The van der Waals surface area contributed by atoms with Crippen LogP contribution in [0.3, 0.4) is 0 Å². The van der Waals surface area contributed by atoms with Gasteiger partial charge in [0.05, 0.1) is 25.8 Å². The highest BCUT2D eigenvalue weighted by Gasteiger charge is 2.13. The zero-order valence-corrected chi connectivity index (χ0v) is 8.63. The van der Waals surface area contributed by atoms with Gasteiger partial charge >= 0.3 is 11.9 Å². The van der Waals surface area contributed by atoms with Crippen molar-refractivity contribution in [2.45, 2.75) is 13.0 Å². The molecule has 88 valence electrons. The normalized spacial score (nSPS) is 10.6. The van der Waals surface area contributed by atoms with Crippen LogP contribution in [0.25, 0.3) is 0 Å². The summed E-state index contributed by atoms with van der Waals surface area (Å²) in [4.78, 5) is 22.5. The number of aliphatic carboxylic acids is 2. The molecule has 0 aliphatic carbocycles. The number of carbonyl (C=O) groups is 2. The van der Waals surface area contributed by atoms with E-state index in [1.807, 2.05) is 0 Å². The van der Waals surface area contributed by atoms with E-state index in [0.29, 0.717) is 12.3 Å². The van der Waals surface area contributed by atoms with Gasteiger partial charge in [0.1, 0.15) is 5.76 Å². The molecule has 0 radical (unpaired) electrons. The first-order chi connectivity index (χ1) is 7.58. The third-order valence-corrected chi connectivity index (χ3v) is 1.96. The van der Waals surface area contributed by atoms with E-state index in [2.05, 4.69) is 0 Å². The molecule has 0 fully saturated rings. The van der Waals surface area contributed by atoms with Crippen LogP contribution in [-0.4, -0.2) is 40.1 Å². The molecule has 0 spiro atoms. The molecule has 1 rings (SSSR count). The first-order valence-electron chi connectivity index (χ1n) is 4.76. The molecule has 0 unspecified atom stereocenters. The minimum absolute atomic E-state index is 0.0893. The minimum atomic E-state index is -0.989. The van der Waals surface area contributed by atoms with E-state index >= 15 is 0 Å². The van der Waals surface area contributed by atoms with Gasteiger partial charge in [0.15, 0.2) is 0 Å². The Morgan fingerprint density at radius 2 is 2.06 bits per heavy atom. The predicted molar refractivity (Wildman–Crippen MR) is 53.9 cm³/mol. The molecule has 6 nitrogen and oxygen atoms in total. The van der Waals surface area contributed by atoms with Crippen molar-refractivity contribution in [1.82, 2.24) is 4.90 Å². The second-order valence-electron chi connectivity index (χ2n) is 3.33. The van der Waals surface area contributed by atoms with Gasteiger partial charge in [-0.05, 0) is 12.1 Å². The molecule has 0 aliphatic heterocycles. The summed E-state index contributed by atoms with van der Waals surface area (Å²) in [6.07, 6.45) is 1.40. The van der Waals surface area contributed by atoms with Gasteiger partial charge in [-0.1, -0.05) is 0 Å². The summed E-state index contributed by atoms with van der Waals surface area (Å²) in [7, 11) is 0. The summed E-state index contributed by atoms with van der Waals surface area (Å²) in [6, 6.07) is 3.42. The smallest absolute Gasteiger partial charge is 0.317 e. The van der Waals surface area contributed by atoms with Crippen LogP contribution >= 0.6 is 0 Å². The van der Waals surface area contributed by atoms with Crippen LogP contribution in [0.15, 0.2) is 22.8 Å². The maximum atomic E-state index is 10.6. The largest absolute Gasteiger partial charge is 0.481 e. The Labute approximate surface area is 92.1 Å². The Hall–Kier alpha value is -1.82. The number of hydrogen-bond acceptors (Lipinski definition) is 4. The Morgan fingerprint density at radius 1 is 1.31 bits per heavy atom. The van der Waals surface area contributed by atoms with Crippen LogP contribution in [-0.2, 0) is 16.1 Å². The van der Waals surface area contributed by atoms with Gasteiger partial charge in [0.2, 0.25) is 0 Å². The van der Waals surface area contributed by atoms with Crippen molar-refractivity contribution in [3.63, 3.8) is 0 Å². The highest BCUT2D eigenvalue weighted by atomic mass is 16.4. The fraction of sp³-hybridized carbons (Fsp3) is 0.400. The number of carboxylic acids is 2. The molecule has 2 N–H and O–H groups in total. The molecule has 16 heavy (non-hydrogen) atoms. The average Bonchev–Trinajstić information content (AvgIpc) is 2.66. The third-order valence-electron chi connectivity index (χ3n) is 1.96.